The van der Waals surface area contributed by atoms with E-state index in [2.05, 4.69) is 31.7 Å². The number of hydrogen-bond donors (Lipinski definition) is 16. The van der Waals surface area contributed by atoms with E-state index >= 15 is 0 Å². The van der Waals surface area contributed by atoms with Gasteiger partial charge in [0.15, 0.2) is 12.1 Å². The van der Waals surface area contributed by atoms with Crippen molar-refractivity contribution in [3.63, 3.8) is 0 Å². The highest BCUT2D eigenvalue weighted by atomic mass is 32.1. The molecule has 0 bridgehead atoms. The number of benzene rings is 3. The molecule has 1 heterocycles. The van der Waals surface area contributed by atoms with Gasteiger partial charge in [-0.25, -0.2) is 0 Å². The van der Waals surface area contributed by atoms with Gasteiger partial charge in [0.2, 0.25) is 29.3 Å². The maximum absolute atomic E-state index is 14.2. The number of nitrogens with one attached hydrogen (secondary N) is 4. The number of phenolic OH excluding ortho intramolecular Hbond substituents is 2. The van der Waals surface area contributed by atoms with Gasteiger partial charge in [-0.2, -0.15) is 5.10 Å². The van der Waals surface area contributed by atoms with Gasteiger partial charge in [0.05, 0.1) is 107 Å². The third kappa shape index (κ3) is 19.4. The zero-order valence-electron chi connectivity index (χ0n) is 50.9. The predicted octanol–water partition coefficient (Wildman–Crippen LogP) is -1.52. The van der Waals surface area contributed by atoms with Crippen molar-refractivity contribution in [2.45, 2.75) is 80.4 Å². The summed E-state index contributed by atoms with van der Waals surface area (Å²) in [7, 11) is -7.03. The molecule has 2 aliphatic carbocycles. The molecule has 8 atom stereocenters. The number of aliphatic hydroxyl groups is 4. The third-order valence-electron chi connectivity index (χ3n) is 15.4. The van der Waals surface area contributed by atoms with Gasteiger partial charge < -0.3 is 90.4 Å². The van der Waals surface area contributed by atoms with Crippen LogP contribution in [0.15, 0.2) is 52.6 Å². The van der Waals surface area contributed by atoms with Crippen molar-refractivity contribution < 1.29 is 112 Å². The molecule has 0 radical (unpaired) electrons. The second-order valence-electron chi connectivity index (χ2n) is 22.4. The highest BCUT2D eigenvalue weighted by molar-refractivity contribution is 7.80. The lowest BCUT2D eigenvalue weighted by Gasteiger charge is -2.43. The van der Waals surface area contributed by atoms with E-state index in [-0.39, 0.29) is 82.9 Å². The summed E-state index contributed by atoms with van der Waals surface area (Å²) >= 11 is 10.7. The Bertz CT molecular complexity index is 3450. The van der Waals surface area contributed by atoms with E-state index in [1.54, 1.807) is 43.1 Å². The number of hydrazine groups is 1. The lowest BCUT2D eigenvalue weighted by atomic mass is 9.71. The molecule has 3 aromatic rings. The molecule has 1 fully saturated rings. The van der Waals surface area contributed by atoms with Crippen molar-refractivity contribution in [2.24, 2.45) is 15.8 Å². The molecular formula is C56H76N10O23P2S2. The summed E-state index contributed by atoms with van der Waals surface area (Å²) in [5.74, 6) is -6.92. The highest BCUT2D eigenvalue weighted by Crippen LogP contribution is 2.69. The molecule has 37 heteroatoms. The number of carbonyl (C=O) groups is 6. The highest BCUT2D eigenvalue weighted by Gasteiger charge is 2.56. The smallest absolute Gasteiger partial charge is 0.366 e. The normalized spacial score (nSPS) is 21.1. The summed E-state index contributed by atoms with van der Waals surface area (Å²) in [5.41, 5.74) is 9.60. The Balaban J connectivity index is 1.00. The Kier molecular flexibility index (Phi) is 26.3. The summed E-state index contributed by atoms with van der Waals surface area (Å²) in [6, 6.07) is 10.1. The lowest BCUT2D eigenvalue weighted by Crippen LogP contribution is -2.53. The van der Waals surface area contributed by atoms with Crippen molar-refractivity contribution in [3.05, 3.63) is 81.4 Å². The van der Waals surface area contributed by atoms with Crippen molar-refractivity contribution in [1.29, 1.82) is 0 Å². The fourth-order valence-corrected chi connectivity index (χ4v) is 13.6. The number of carbonyl (C=O) groups excluding carboxylic acids is 4. The number of nitrogens with zero attached hydrogens (tertiary/aromatic N) is 5. The van der Waals surface area contributed by atoms with E-state index in [1.807, 2.05) is 0 Å². The molecule has 3 aliphatic rings. The molecule has 2 amide bonds. The molecule has 6 rings (SSSR count). The molecule has 2 unspecified atom stereocenters. The van der Waals surface area contributed by atoms with Crippen LogP contribution in [0.3, 0.4) is 0 Å². The van der Waals surface area contributed by atoms with Crippen molar-refractivity contribution in [1.82, 2.24) is 36.3 Å². The number of amides is 2. The summed E-state index contributed by atoms with van der Waals surface area (Å²) in [4.78, 5) is 115. The standard InChI is InChI=1S/C56H76N10O23P2S2/c1-30-49(74)36(57)19-44(88-30)89-38-21-55(79,20-35-46(38)53(78)48-47(51(35)76)50(75)34-10-6-11-37(86-3)45(34)52(48)77)39(29-67)58-23-33(92)24-59-40(68)25-65(27-42(70)71)15-16-66(28-43(72)73)26-41(69)61-63-54(93)62-60-22-31-8-5-9-32(18-31)87-17-7-13-64(2)14-12-56(80,90(4,81)82)91(83,84)85/h5-6,8-11,18,22,30,36,38,44,49,67,74,76,78-80H,7,12-17,19-21,23-29,57H2,1-4H3,(H,59,68)(H,61,69)(H,70,71)(H,72,73)(H,81,82)(H2,62,63,93)(H2,83,84,85)/b58-39?,60-22+/t30-,36-,38-,44-,49+,55-,56?/m0/s1. The van der Waals surface area contributed by atoms with Gasteiger partial charge in [-0.3, -0.25) is 69.0 Å². The van der Waals surface area contributed by atoms with Crippen molar-refractivity contribution in [3.8, 4) is 23.0 Å². The fraction of sp³-hybridized carbons (Fsp3) is 0.500. The van der Waals surface area contributed by atoms with E-state index < -0.39 is 173 Å². The number of carboxylic acids is 2. The molecule has 33 nitrogen and oxygen atoms in total. The Morgan fingerprint density at radius 3 is 2.17 bits per heavy atom. The predicted molar refractivity (Wildman–Crippen MR) is 339 cm³/mol. The molecule has 1 aliphatic heterocycles. The topological polar surface area (TPSA) is 505 Å². The van der Waals surface area contributed by atoms with Gasteiger partial charge in [0, 0.05) is 86.1 Å². The number of hydrazone groups is 1. The number of aromatic hydroxyl groups is 2. The average Bonchev–Trinajstić information content (AvgIpc) is 0.711. The monoisotopic (exact) mass is 1380 g/mol. The van der Waals surface area contributed by atoms with Crippen LogP contribution in [0.5, 0.6) is 23.0 Å². The van der Waals surface area contributed by atoms with Crippen LogP contribution in [0.2, 0.25) is 0 Å². The molecule has 1 saturated heterocycles. The summed E-state index contributed by atoms with van der Waals surface area (Å²) in [6.07, 6.45) is -4.62. The molecular weight excluding hydrogens is 1310 g/mol. The van der Waals surface area contributed by atoms with Crippen LogP contribution in [-0.4, -0.2) is 262 Å². The van der Waals surface area contributed by atoms with Crippen molar-refractivity contribution in [2.75, 3.05) is 99.5 Å². The second kappa shape index (κ2) is 32.5. The average molecular weight is 1380 g/mol. The number of nitrogens with two attached hydrogens (primary N) is 1. The van der Waals surface area contributed by atoms with E-state index in [1.165, 1.54) is 31.5 Å². The molecule has 17 N–H and O–H groups in total. The van der Waals surface area contributed by atoms with Crippen LogP contribution in [-0.2, 0) is 44.2 Å². The number of thiocarbonyl (C=S) groups is 2. The number of ketones is 2. The number of aliphatic hydroxyl groups excluding tert-OH is 2. The van der Waals surface area contributed by atoms with Gasteiger partial charge in [0.25, 0.3) is 5.91 Å². The Morgan fingerprint density at radius 2 is 1.56 bits per heavy atom. The number of methoxy groups -OCH3 is 1. The summed E-state index contributed by atoms with van der Waals surface area (Å²) in [5, 5.41) is 90.6. The molecule has 510 valence electrons. The van der Waals surface area contributed by atoms with Crippen LogP contribution in [0.25, 0.3) is 0 Å². The van der Waals surface area contributed by atoms with Crippen LogP contribution >= 0.6 is 39.4 Å². The minimum Gasteiger partial charge on any atom is -0.507 e. The number of aliphatic imine (C=N–C) groups is 1. The zero-order chi connectivity index (χ0) is 68.9. The molecule has 0 aromatic heterocycles. The van der Waals surface area contributed by atoms with Gasteiger partial charge in [-0.05, 0) is 56.4 Å². The maximum atomic E-state index is 14.2. The quantitative estimate of drug-likeness (QED) is 0.00659. The lowest BCUT2D eigenvalue weighted by molar-refractivity contribution is -0.245. The van der Waals surface area contributed by atoms with Crippen LogP contribution in [0.1, 0.15) is 87.2 Å². The minimum atomic E-state index is -5.33. The fourth-order valence-electron chi connectivity index (χ4n) is 10.6. The molecule has 93 heavy (non-hydrogen) atoms. The number of carboxylic acid groups (broad SMARTS) is 2. The number of hydrogen-bond acceptors (Lipinski definition) is 26. The number of ether oxygens (including phenoxy) is 4. The maximum Gasteiger partial charge on any atom is 0.366 e. The molecule has 0 saturated carbocycles. The van der Waals surface area contributed by atoms with E-state index in [4.69, 9.17) is 49.1 Å². The van der Waals surface area contributed by atoms with Crippen LogP contribution in [0.4, 0.5) is 0 Å². The Hall–Kier alpha value is -6.86. The van der Waals surface area contributed by atoms with Crippen molar-refractivity contribution >= 4 is 96.6 Å². The van der Waals surface area contributed by atoms with E-state index in [9.17, 15) is 93.4 Å². The second-order valence-corrected chi connectivity index (χ2v) is 28.1. The summed E-state index contributed by atoms with van der Waals surface area (Å²) in [6.45, 7) is -1.92. The number of phenols is 2. The number of aliphatic carboxylic acids is 2. The van der Waals surface area contributed by atoms with Gasteiger partial charge >= 0.3 is 19.5 Å². The van der Waals surface area contributed by atoms with E-state index in [0.29, 0.717) is 30.9 Å². The van der Waals surface area contributed by atoms with Gasteiger partial charge in [0.1, 0.15) is 28.6 Å². The van der Waals surface area contributed by atoms with E-state index in [0.717, 1.165) is 9.80 Å². The first-order valence-electron chi connectivity index (χ1n) is 28.6. The largest absolute Gasteiger partial charge is 0.507 e. The number of rotatable bonds is 32. The number of fused-ring (bicyclic) bond motifs is 3. The first kappa shape index (κ1) is 75.2. The zero-order valence-corrected chi connectivity index (χ0v) is 54.3. The van der Waals surface area contributed by atoms with Crippen LogP contribution < -0.4 is 36.8 Å². The SMILES string of the molecule is COc1cccc2c1C(=O)c1c(O)c3c(c(O)c1C2=O)C[C@@](O)(C(CO)=NCC(=S)CNC(=O)CN(CCN(CC(=O)O)CC(=O)NNC(=S)N/N=C/c1cccc(OCCCN(C)CCC(O)(P(C)(=O)O)P(=O)(O)O)c1)CC(=O)O)C[C@@H]3O[C@H]1C[C@H](N)[C@H](O)[C@H](C)O1. The third-order valence-corrected chi connectivity index (χ3v) is 20.5. The Morgan fingerprint density at radius 1 is 0.914 bits per heavy atom. The van der Waals surface area contributed by atoms with Crippen LogP contribution in [0, 0.1) is 0 Å². The Labute approximate surface area is 543 Å². The first-order chi connectivity index (χ1) is 43.6. The summed E-state index contributed by atoms with van der Waals surface area (Å²) < 4.78 is 47.2. The molecule has 3 aromatic carbocycles. The van der Waals surface area contributed by atoms with Gasteiger partial charge in [-0.15, -0.1) is 0 Å². The first-order valence-corrected chi connectivity index (χ1v) is 33.2. The van der Waals surface area contributed by atoms with Gasteiger partial charge in [-0.1, -0.05) is 36.5 Å². The molecule has 0 spiro atoms. The minimum absolute atomic E-state index is 0.0272.